The largest absolute Gasteiger partial charge is 0.350 e. The van der Waals surface area contributed by atoms with Gasteiger partial charge in [-0.1, -0.05) is 0 Å². The molecule has 13 heavy (non-hydrogen) atoms. The minimum Gasteiger partial charge on any atom is -0.350 e. The number of carbonyl (C=O) groups excluding carboxylic acids is 1. The van der Waals surface area contributed by atoms with Crippen LogP contribution in [0.2, 0.25) is 0 Å². The molecule has 1 aromatic heterocycles. The number of carbonyl (C=O) groups is 1. The van der Waals surface area contributed by atoms with E-state index in [1.54, 1.807) is 6.07 Å². The van der Waals surface area contributed by atoms with Gasteiger partial charge in [0.05, 0.1) is 4.88 Å². The summed E-state index contributed by atoms with van der Waals surface area (Å²) in [5.74, 6) is 2.37. The lowest BCUT2D eigenvalue weighted by atomic mass is 10.4. The quantitative estimate of drug-likeness (QED) is 0.445. The molecular weight excluding hydrogens is 202 g/mol. The summed E-state index contributed by atoms with van der Waals surface area (Å²) in [6.45, 7) is 0.523. The summed E-state index contributed by atoms with van der Waals surface area (Å²) >= 11 is 5.48. The first kappa shape index (κ1) is 10.2. The van der Waals surface area contributed by atoms with Crippen molar-refractivity contribution in [2.24, 2.45) is 0 Å². The van der Waals surface area contributed by atoms with Crippen LogP contribution in [0.4, 0.5) is 0 Å². The number of hydrogen-bond donors (Lipinski definition) is 2. The van der Waals surface area contributed by atoms with Crippen LogP contribution < -0.4 is 5.32 Å². The second kappa shape index (κ2) is 4.95. The minimum atomic E-state index is -0.0828. The molecule has 0 atom stereocenters. The molecule has 0 spiro atoms. The maximum atomic E-state index is 11.3. The summed E-state index contributed by atoms with van der Waals surface area (Å²) in [7, 11) is 0. The molecule has 1 amide bonds. The van der Waals surface area contributed by atoms with Crippen LogP contribution in [0.3, 0.4) is 0 Å². The summed E-state index contributed by atoms with van der Waals surface area (Å²) in [4.78, 5) is 12.8. The topological polar surface area (TPSA) is 29.1 Å². The van der Waals surface area contributed by atoms with Crippen molar-refractivity contribution >= 4 is 29.9 Å². The van der Waals surface area contributed by atoms with E-state index in [0.29, 0.717) is 17.8 Å². The van der Waals surface area contributed by atoms with E-state index in [-0.39, 0.29) is 5.91 Å². The third kappa shape index (κ3) is 3.13. The van der Waals surface area contributed by atoms with Crippen molar-refractivity contribution in [3.63, 3.8) is 0 Å². The van der Waals surface area contributed by atoms with Gasteiger partial charge in [-0.3, -0.25) is 4.79 Å². The summed E-state index contributed by atoms with van der Waals surface area (Å²) < 4.78 is 0. The van der Waals surface area contributed by atoms with E-state index in [9.17, 15) is 4.79 Å². The third-order valence-corrected chi connectivity index (χ3v) is 2.73. The maximum absolute atomic E-state index is 11.3. The highest BCUT2D eigenvalue weighted by molar-refractivity contribution is 7.80. The number of hydrogen-bond acceptors (Lipinski definition) is 3. The van der Waals surface area contributed by atoms with Crippen molar-refractivity contribution in [3.8, 4) is 12.3 Å². The molecule has 0 saturated carbocycles. The van der Waals surface area contributed by atoms with Crippen molar-refractivity contribution in [1.29, 1.82) is 0 Å². The standard InChI is InChI=1S/C9H9NOS2/c1-2-3-4-10-9(11)8-5-7(12)6-13-8/h1,5-6,12H,3-4H2,(H,10,11). The summed E-state index contributed by atoms with van der Waals surface area (Å²) in [6, 6.07) is 1.74. The molecular formula is C9H9NOS2. The fraction of sp³-hybridized carbons (Fsp3) is 0.222. The number of thiophene rings is 1. The lowest BCUT2D eigenvalue weighted by molar-refractivity contribution is 0.0958. The highest BCUT2D eigenvalue weighted by Gasteiger charge is 2.06. The molecule has 68 valence electrons. The van der Waals surface area contributed by atoms with Gasteiger partial charge >= 0.3 is 0 Å². The van der Waals surface area contributed by atoms with E-state index in [0.717, 1.165) is 4.90 Å². The first-order valence-corrected chi connectivity index (χ1v) is 5.06. The van der Waals surface area contributed by atoms with Crippen LogP contribution in [0.25, 0.3) is 0 Å². The lowest BCUT2D eigenvalue weighted by Gasteiger charge is -1.98. The van der Waals surface area contributed by atoms with Gasteiger partial charge < -0.3 is 5.32 Å². The van der Waals surface area contributed by atoms with Gasteiger partial charge in [-0.2, -0.15) is 0 Å². The van der Waals surface area contributed by atoms with Crippen LogP contribution in [0.5, 0.6) is 0 Å². The molecule has 1 rings (SSSR count). The first-order chi connectivity index (χ1) is 6.24. The Bertz CT molecular complexity index is 338. The highest BCUT2D eigenvalue weighted by Crippen LogP contribution is 2.17. The minimum absolute atomic E-state index is 0.0828. The fourth-order valence-corrected chi connectivity index (χ4v) is 1.85. The molecule has 0 bridgehead atoms. The van der Waals surface area contributed by atoms with Gasteiger partial charge in [0, 0.05) is 23.2 Å². The Morgan fingerprint density at radius 2 is 2.54 bits per heavy atom. The zero-order chi connectivity index (χ0) is 9.68. The first-order valence-electron chi connectivity index (χ1n) is 3.73. The van der Waals surface area contributed by atoms with E-state index >= 15 is 0 Å². The number of nitrogens with one attached hydrogen (secondary N) is 1. The molecule has 0 unspecified atom stereocenters. The van der Waals surface area contributed by atoms with Crippen LogP contribution >= 0.6 is 24.0 Å². The molecule has 2 nitrogen and oxygen atoms in total. The Labute approximate surface area is 86.8 Å². The summed E-state index contributed by atoms with van der Waals surface area (Å²) in [5.41, 5.74) is 0. The monoisotopic (exact) mass is 211 g/mol. The van der Waals surface area contributed by atoms with Crippen LogP contribution in [-0.4, -0.2) is 12.5 Å². The zero-order valence-electron chi connectivity index (χ0n) is 6.91. The molecule has 0 radical (unpaired) electrons. The normalized spacial score (nSPS) is 9.23. The van der Waals surface area contributed by atoms with Crippen molar-refractivity contribution < 1.29 is 4.79 Å². The molecule has 0 aliphatic rings. The van der Waals surface area contributed by atoms with E-state index in [1.165, 1.54) is 11.3 Å². The van der Waals surface area contributed by atoms with Gasteiger partial charge in [0.15, 0.2) is 0 Å². The molecule has 1 heterocycles. The Balaban J connectivity index is 2.45. The van der Waals surface area contributed by atoms with Gasteiger partial charge in [0.1, 0.15) is 0 Å². The van der Waals surface area contributed by atoms with E-state index in [1.807, 2.05) is 5.38 Å². The molecule has 0 saturated heterocycles. The van der Waals surface area contributed by atoms with E-state index in [2.05, 4.69) is 23.9 Å². The summed E-state index contributed by atoms with van der Waals surface area (Å²) in [5, 5.41) is 4.53. The second-order valence-corrected chi connectivity index (χ2v) is 3.81. The SMILES string of the molecule is C#CCCNC(=O)c1cc(S)cs1. The van der Waals surface area contributed by atoms with Crippen LogP contribution in [-0.2, 0) is 0 Å². The van der Waals surface area contributed by atoms with Gasteiger partial charge in [0.25, 0.3) is 5.91 Å². The van der Waals surface area contributed by atoms with Gasteiger partial charge in [-0.05, 0) is 6.07 Å². The molecule has 0 aromatic carbocycles. The van der Waals surface area contributed by atoms with Crippen molar-refractivity contribution in [2.45, 2.75) is 11.3 Å². The maximum Gasteiger partial charge on any atom is 0.261 e. The van der Waals surface area contributed by atoms with Crippen molar-refractivity contribution in [2.75, 3.05) is 6.54 Å². The Hall–Kier alpha value is -0.920. The zero-order valence-corrected chi connectivity index (χ0v) is 8.62. The third-order valence-electron chi connectivity index (χ3n) is 1.36. The molecule has 0 aliphatic heterocycles. The van der Waals surface area contributed by atoms with E-state index in [4.69, 9.17) is 6.42 Å². The second-order valence-electron chi connectivity index (χ2n) is 2.38. The van der Waals surface area contributed by atoms with Crippen molar-refractivity contribution in [1.82, 2.24) is 5.32 Å². The molecule has 0 aliphatic carbocycles. The molecule has 4 heteroatoms. The highest BCUT2D eigenvalue weighted by atomic mass is 32.1. The Morgan fingerprint density at radius 3 is 3.08 bits per heavy atom. The molecule has 0 fully saturated rings. The molecule has 1 aromatic rings. The van der Waals surface area contributed by atoms with Gasteiger partial charge in [0.2, 0.25) is 0 Å². The Kier molecular flexibility index (Phi) is 3.87. The average molecular weight is 211 g/mol. The van der Waals surface area contributed by atoms with Gasteiger partial charge in [-0.25, -0.2) is 0 Å². The van der Waals surface area contributed by atoms with Crippen LogP contribution in [0.15, 0.2) is 16.3 Å². The van der Waals surface area contributed by atoms with E-state index < -0.39 is 0 Å². The van der Waals surface area contributed by atoms with Crippen molar-refractivity contribution in [3.05, 3.63) is 16.3 Å². The predicted molar refractivity (Wildman–Crippen MR) is 57.4 cm³/mol. The number of terminal acetylenes is 1. The number of amides is 1. The lowest BCUT2D eigenvalue weighted by Crippen LogP contribution is -2.23. The van der Waals surface area contributed by atoms with Crippen LogP contribution in [0, 0.1) is 12.3 Å². The fourth-order valence-electron chi connectivity index (χ4n) is 0.781. The number of rotatable bonds is 3. The predicted octanol–water partition coefficient (Wildman–Crippen LogP) is 1.79. The van der Waals surface area contributed by atoms with Gasteiger partial charge in [-0.15, -0.1) is 36.3 Å². The average Bonchev–Trinajstić information content (AvgIpc) is 2.52. The molecule has 1 N–H and O–H groups in total. The number of thiol groups is 1. The smallest absolute Gasteiger partial charge is 0.261 e. The summed E-state index contributed by atoms with van der Waals surface area (Å²) in [6.07, 6.45) is 5.61. The van der Waals surface area contributed by atoms with Crippen LogP contribution in [0.1, 0.15) is 16.1 Å². The Morgan fingerprint density at radius 1 is 1.77 bits per heavy atom.